The second-order valence-corrected chi connectivity index (χ2v) is 4.38. The number of carboxylic acids is 1. The molecule has 1 unspecified atom stereocenters. The van der Waals surface area contributed by atoms with Crippen LogP contribution in [0.15, 0.2) is 12.1 Å². The molecule has 98 valence electrons. The van der Waals surface area contributed by atoms with Crippen molar-refractivity contribution in [1.29, 1.82) is 0 Å². The third kappa shape index (κ3) is 2.76. The number of halogens is 2. The highest BCUT2D eigenvalue weighted by atomic mass is 19.1. The first-order valence-electron chi connectivity index (χ1n) is 5.59. The fourth-order valence-electron chi connectivity index (χ4n) is 1.58. The van der Waals surface area contributed by atoms with Gasteiger partial charge in [-0.15, -0.1) is 0 Å². The van der Waals surface area contributed by atoms with Gasteiger partial charge in [0.2, 0.25) is 0 Å². The molecule has 1 saturated carbocycles. The zero-order valence-corrected chi connectivity index (χ0v) is 9.53. The largest absolute Gasteiger partial charge is 0.490 e. The molecule has 0 aromatic heterocycles. The highest BCUT2D eigenvalue weighted by Gasteiger charge is 2.26. The number of aliphatic carboxylic acids is 1. The molecule has 2 rings (SSSR count). The monoisotopic (exact) mass is 257 g/mol. The number of hydrogen-bond donors (Lipinski definition) is 2. The lowest BCUT2D eigenvalue weighted by molar-refractivity contribution is -0.138. The maximum absolute atomic E-state index is 13.6. The molecule has 1 fully saturated rings. The van der Waals surface area contributed by atoms with Crippen LogP contribution in [-0.4, -0.2) is 17.7 Å². The van der Waals surface area contributed by atoms with E-state index in [0.29, 0.717) is 18.6 Å². The van der Waals surface area contributed by atoms with Crippen LogP contribution < -0.4 is 10.5 Å². The third-order valence-electron chi connectivity index (χ3n) is 2.80. The average Bonchev–Trinajstić information content (AvgIpc) is 3.09. The number of carboxylic acid groups (broad SMARTS) is 1. The van der Waals surface area contributed by atoms with Gasteiger partial charge in [-0.25, -0.2) is 8.78 Å². The standard InChI is InChI=1S/C12H13F2NO3/c13-7-3-8(10(15)12(16)17)11(9(14)4-7)18-5-6-1-2-6/h3-4,6,10H,1-2,5,15H2,(H,16,17). The van der Waals surface area contributed by atoms with E-state index in [1.54, 1.807) is 0 Å². The summed E-state index contributed by atoms with van der Waals surface area (Å²) < 4.78 is 31.9. The summed E-state index contributed by atoms with van der Waals surface area (Å²) in [7, 11) is 0. The molecular weight excluding hydrogens is 244 g/mol. The minimum atomic E-state index is -1.51. The number of hydrogen-bond acceptors (Lipinski definition) is 3. The van der Waals surface area contributed by atoms with Crippen LogP contribution in [0.4, 0.5) is 8.78 Å². The van der Waals surface area contributed by atoms with Crippen molar-refractivity contribution in [1.82, 2.24) is 0 Å². The maximum Gasteiger partial charge on any atom is 0.325 e. The van der Waals surface area contributed by atoms with Crippen LogP contribution in [0.3, 0.4) is 0 Å². The predicted molar refractivity (Wildman–Crippen MR) is 59.1 cm³/mol. The molecular formula is C12H13F2NO3. The Labute approximate surface area is 102 Å². The van der Waals surface area contributed by atoms with Gasteiger partial charge >= 0.3 is 5.97 Å². The normalized spacial score (nSPS) is 16.4. The van der Waals surface area contributed by atoms with Gasteiger partial charge in [0, 0.05) is 11.6 Å². The zero-order chi connectivity index (χ0) is 13.3. The van der Waals surface area contributed by atoms with Gasteiger partial charge in [-0.3, -0.25) is 4.79 Å². The van der Waals surface area contributed by atoms with Crippen molar-refractivity contribution in [2.75, 3.05) is 6.61 Å². The highest BCUT2D eigenvalue weighted by molar-refractivity contribution is 5.76. The molecule has 1 aliphatic carbocycles. The average molecular weight is 257 g/mol. The van der Waals surface area contributed by atoms with Gasteiger partial charge in [0.05, 0.1) is 6.61 Å². The Morgan fingerprint density at radius 1 is 1.50 bits per heavy atom. The van der Waals surface area contributed by atoms with E-state index < -0.39 is 23.6 Å². The van der Waals surface area contributed by atoms with Crippen molar-refractivity contribution in [2.24, 2.45) is 11.7 Å². The Morgan fingerprint density at radius 2 is 2.17 bits per heavy atom. The summed E-state index contributed by atoms with van der Waals surface area (Å²) in [5, 5.41) is 8.81. The molecule has 0 saturated heterocycles. The summed E-state index contributed by atoms with van der Waals surface area (Å²) in [6.45, 7) is 0.294. The van der Waals surface area contributed by atoms with E-state index in [4.69, 9.17) is 15.6 Å². The highest BCUT2D eigenvalue weighted by Crippen LogP contribution is 2.33. The Bertz CT molecular complexity index is 475. The van der Waals surface area contributed by atoms with Crippen LogP contribution >= 0.6 is 0 Å². The lowest BCUT2D eigenvalue weighted by Crippen LogP contribution is -2.22. The lowest BCUT2D eigenvalue weighted by Gasteiger charge is -2.15. The minimum absolute atomic E-state index is 0.180. The first-order valence-corrected chi connectivity index (χ1v) is 5.59. The van der Waals surface area contributed by atoms with E-state index in [1.165, 1.54) is 0 Å². The SMILES string of the molecule is NC(C(=O)O)c1cc(F)cc(F)c1OCC1CC1. The number of rotatable bonds is 5. The molecule has 1 aromatic rings. The van der Waals surface area contributed by atoms with Gasteiger partial charge in [0.1, 0.15) is 11.9 Å². The summed E-state index contributed by atoms with van der Waals surface area (Å²) >= 11 is 0. The number of nitrogens with two attached hydrogens (primary N) is 1. The number of carbonyl (C=O) groups is 1. The van der Waals surface area contributed by atoms with E-state index in [-0.39, 0.29) is 11.3 Å². The van der Waals surface area contributed by atoms with Crippen LogP contribution in [0, 0.1) is 17.6 Å². The fourth-order valence-corrected chi connectivity index (χ4v) is 1.58. The van der Waals surface area contributed by atoms with Crippen LogP contribution in [0.25, 0.3) is 0 Å². The van der Waals surface area contributed by atoms with E-state index in [2.05, 4.69) is 0 Å². The van der Waals surface area contributed by atoms with Crippen molar-refractivity contribution in [3.8, 4) is 5.75 Å². The van der Waals surface area contributed by atoms with Gasteiger partial charge in [-0.1, -0.05) is 0 Å². The van der Waals surface area contributed by atoms with Crippen molar-refractivity contribution in [2.45, 2.75) is 18.9 Å². The van der Waals surface area contributed by atoms with Gasteiger partial charge in [-0.2, -0.15) is 0 Å². The molecule has 0 radical (unpaired) electrons. The molecule has 0 heterocycles. The van der Waals surface area contributed by atoms with Crippen LogP contribution in [-0.2, 0) is 4.79 Å². The summed E-state index contributed by atoms with van der Waals surface area (Å²) in [6.07, 6.45) is 2.01. The van der Waals surface area contributed by atoms with E-state index in [1.807, 2.05) is 0 Å². The van der Waals surface area contributed by atoms with E-state index in [9.17, 15) is 13.6 Å². The molecule has 4 nitrogen and oxygen atoms in total. The van der Waals surface area contributed by atoms with Crippen LogP contribution in [0.2, 0.25) is 0 Å². The molecule has 0 bridgehead atoms. The molecule has 1 atom stereocenters. The first kappa shape index (κ1) is 12.8. The van der Waals surface area contributed by atoms with Crippen molar-refractivity contribution < 1.29 is 23.4 Å². The Balaban J connectivity index is 2.30. The molecule has 0 aliphatic heterocycles. The molecule has 3 N–H and O–H groups in total. The van der Waals surface area contributed by atoms with Crippen molar-refractivity contribution in [3.05, 3.63) is 29.3 Å². The van der Waals surface area contributed by atoms with E-state index >= 15 is 0 Å². The Hall–Kier alpha value is -1.69. The van der Waals surface area contributed by atoms with Gasteiger partial charge in [-0.05, 0) is 24.8 Å². The second-order valence-electron chi connectivity index (χ2n) is 4.38. The predicted octanol–water partition coefficient (Wildman–Crippen LogP) is 1.84. The molecule has 1 aromatic carbocycles. The first-order chi connectivity index (χ1) is 8.49. The molecule has 6 heteroatoms. The molecule has 0 spiro atoms. The summed E-state index contributed by atoms with van der Waals surface area (Å²) in [5.41, 5.74) is 5.21. The van der Waals surface area contributed by atoms with Gasteiger partial charge < -0.3 is 15.6 Å². The van der Waals surface area contributed by atoms with Crippen LogP contribution in [0.1, 0.15) is 24.4 Å². The topological polar surface area (TPSA) is 72.6 Å². The third-order valence-corrected chi connectivity index (χ3v) is 2.80. The van der Waals surface area contributed by atoms with Gasteiger partial charge in [0.15, 0.2) is 11.6 Å². The summed E-state index contributed by atoms with van der Waals surface area (Å²) in [5.74, 6) is -3.07. The lowest BCUT2D eigenvalue weighted by atomic mass is 10.1. The second kappa shape index (κ2) is 4.89. The minimum Gasteiger partial charge on any atom is -0.490 e. The number of benzene rings is 1. The smallest absolute Gasteiger partial charge is 0.325 e. The van der Waals surface area contributed by atoms with Crippen LogP contribution in [0.5, 0.6) is 5.75 Å². The van der Waals surface area contributed by atoms with Crippen molar-refractivity contribution in [3.63, 3.8) is 0 Å². The fraction of sp³-hybridized carbons (Fsp3) is 0.417. The van der Waals surface area contributed by atoms with Crippen molar-refractivity contribution >= 4 is 5.97 Å². The maximum atomic E-state index is 13.6. The summed E-state index contributed by atoms with van der Waals surface area (Å²) in [4.78, 5) is 10.8. The van der Waals surface area contributed by atoms with Gasteiger partial charge in [0.25, 0.3) is 0 Å². The quantitative estimate of drug-likeness (QED) is 0.844. The Kier molecular flexibility index (Phi) is 3.47. The zero-order valence-electron chi connectivity index (χ0n) is 9.53. The number of ether oxygens (including phenoxy) is 1. The summed E-state index contributed by atoms with van der Waals surface area (Å²) in [6, 6.07) is 0.0362. The molecule has 0 amide bonds. The molecule has 1 aliphatic rings. The Morgan fingerprint density at radius 3 is 2.72 bits per heavy atom. The van der Waals surface area contributed by atoms with E-state index in [0.717, 1.165) is 18.9 Å². The molecule has 18 heavy (non-hydrogen) atoms.